The van der Waals surface area contributed by atoms with Gasteiger partial charge in [0.2, 0.25) is 5.91 Å². The van der Waals surface area contributed by atoms with Crippen LogP contribution in [-0.4, -0.2) is 29.0 Å². The molecule has 130 valence electrons. The van der Waals surface area contributed by atoms with Gasteiger partial charge in [0.25, 0.3) is 0 Å². The summed E-state index contributed by atoms with van der Waals surface area (Å²) in [6.45, 7) is 9.13. The Morgan fingerprint density at radius 2 is 1.62 bits per heavy atom. The molecule has 0 bridgehead atoms. The standard InChI is InChI=1S/C17H24N4O3/c1-11-6-8-13(9-7-11)18-15(23)16(24)21-20-12(2)10-14(22)19-17(3,4)5/h6-9H,10H2,1-5H3,(H,18,23)(H,19,22)(H,21,24)/b20-12-. The zero-order chi connectivity index (χ0) is 18.3. The molecule has 3 N–H and O–H groups in total. The van der Waals surface area contributed by atoms with Crippen LogP contribution in [0.4, 0.5) is 5.69 Å². The zero-order valence-corrected chi connectivity index (χ0v) is 14.7. The van der Waals surface area contributed by atoms with Crippen LogP contribution in [0.5, 0.6) is 0 Å². The summed E-state index contributed by atoms with van der Waals surface area (Å²) in [6.07, 6.45) is 0.0388. The van der Waals surface area contributed by atoms with Crippen molar-refractivity contribution in [2.75, 3.05) is 5.32 Å². The predicted molar refractivity (Wildman–Crippen MR) is 93.6 cm³/mol. The van der Waals surface area contributed by atoms with Gasteiger partial charge >= 0.3 is 11.8 Å². The molecule has 1 aromatic rings. The van der Waals surface area contributed by atoms with E-state index < -0.39 is 11.8 Å². The van der Waals surface area contributed by atoms with Crippen LogP contribution in [0.2, 0.25) is 0 Å². The van der Waals surface area contributed by atoms with Gasteiger partial charge < -0.3 is 10.6 Å². The van der Waals surface area contributed by atoms with E-state index in [1.807, 2.05) is 39.8 Å². The molecule has 0 radical (unpaired) electrons. The first kappa shape index (κ1) is 19.3. The van der Waals surface area contributed by atoms with E-state index in [1.54, 1.807) is 19.1 Å². The number of anilines is 1. The minimum Gasteiger partial charge on any atom is -0.351 e. The molecule has 0 spiro atoms. The lowest BCUT2D eigenvalue weighted by atomic mass is 10.1. The maximum atomic E-state index is 11.7. The molecule has 24 heavy (non-hydrogen) atoms. The largest absolute Gasteiger partial charge is 0.351 e. The van der Waals surface area contributed by atoms with Gasteiger partial charge in [-0.05, 0) is 46.8 Å². The number of nitrogens with one attached hydrogen (secondary N) is 3. The Morgan fingerprint density at radius 1 is 1.04 bits per heavy atom. The Hall–Kier alpha value is -2.70. The van der Waals surface area contributed by atoms with E-state index in [4.69, 9.17) is 0 Å². The Kier molecular flexibility index (Phi) is 6.64. The highest BCUT2D eigenvalue weighted by atomic mass is 16.2. The molecule has 7 heteroatoms. The smallest absolute Gasteiger partial charge is 0.329 e. The quantitative estimate of drug-likeness (QED) is 0.445. The number of benzene rings is 1. The fourth-order valence-corrected chi connectivity index (χ4v) is 1.76. The third kappa shape index (κ3) is 7.53. The number of carbonyl (C=O) groups excluding carboxylic acids is 3. The summed E-state index contributed by atoms with van der Waals surface area (Å²) in [5, 5.41) is 9.02. The Labute approximate surface area is 141 Å². The van der Waals surface area contributed by atoms with Gasteiger partial charge in [0, 0.05) is 16.9 Å². The van der Waals surface area contributed by atoms with Gasteiger partial charge in [0.15, 0.2) is 0 Å². The Balaban J connectivity index is 2.49. The second-order valence-electron chi connectivity index (χ2n) is 6.58. The van der Waals surface area contributed by atoms with Crippen molar-refractivity contribution in [2.45, 2.75) is 46.6 Å². The summed E-state index contributed by atoms with van der Waals surface area (Å²) >= 11 is 0. The topological polar surface area (TPSA) is 99.7 Å². The zero-order valence-electron chi connectivity index (χ0n) is 14.7. The van der Waals surface area contributed by atoms with Crippen LogP contribution in [0.3, 0.4) is 0 Å². The molecule has 0 aliphatic heterocycles. The first-order chi connectivity index (χ1) is 11.1. The fraction of sp³-hybridized carbons (Fsp3) is 0.412. The van der Waals surface area contributed by atoms with Crippen LogP contribution >= 0.6 is 0 Å². The van der Waals surface area contributed by atoms with Crippen LogP contribution < -0.4 is 16.1 Å². The molecule has 0 unspecified atom stereocenters. The Bertz CT molecular complexity index is 643. The van der Waals surface area contributed by atoms with Gasteiger partial charge in [-0.1, -0.05) is 17.7 Å². The van der Waals surface area contributed by atoms with Gasteiger partial charge in [0.1, 0.15) is 0 Å². The van der Waals surface area contributed by atoms with Crippen molar-refractivity contribution < 1.29 is 14.4 Å². The summed E-state index contributed by atoms with van der Waals surface area (Å²) in [5.74, 6) is -1.93. The number of hydrogen-bond donors (Lipinski definition) is 3. The molecule has 7 nitrogen and oxygen atoms in total. The molecule has 0 aliphatic carbocycles. The SMILES string of the molecule is C/C(CC(=O)NC(C)(C)C)=N/NC(=O)C(=O)Nc1ccc(C)cc1. The number of amides is 3. The first-order valence-corrected chi connectivity index (χ1v) is 7.59. The van der Waals surface area contributed by atoms with Crippen molar-refractivity contribution in [1.29, 1.82) is 0 Å². The number of nitrogens with zero attached hydrogens (tertiary/aromatic N) is 1. The van der Waals surface area contributed by atoms with E-state index in [0.29, 0.717) is 11.4 Å². The van der Waals surface area contributed by atoms with E-state index in [2.05, 4.69) is 21.2 Å². The average Bonchev–Trinajstić information content (AvgIpc) is 2.45. The summed E-state index contributed by atoms with van der Waals surface area (Å²) in [4.78, 5) is 35.2. The van der Waals surface area contributed by atoms with Gasteiger partial charge in [-0.2, -0.15) is 5.10 Å². The maximum absolute atomic E-state index is 11.7. The predicted octanol–water partition coefficient (Wildman–Crippen LogP) is 1.73. The number of hydrazone groups is 1. The molecule has 0 saturated carbocycles. The van der Waals surface area contributed by atoms with E-state index in [1.165, 1.54) is 0 Å². The van der Waals surface area contributed by atoms with Crippen molar-refractivity contribution in [2.24, 2.45) is 5.10 Å². The van der Waals surface area contributed by atoms with Crippen LogP contribution in [0.1, 0.15) is 39.7 Å². The second kappa shape index (κ2) is 8.24. The van der Waals surface area contributed by atoms with Crippen LogP contribution in [0, 0.1) is 6.92 Å². The lowest BCUT2D eigenvalue weighted by Gasteiger charge is -2.20. The molecule has 3 amide bonds. The molecular weight excluding hydrogens is 308 g/mol. The summed E-state index contributed by atoms with van der Waals surface area (Å²) in [6, 6.07) is 7.05. The van der Waals surface area contributed by atoms with Crippen molar-refractivity contribution in [3.8, 4) is 0 Å². The highest BCUT2D eigenvalue weighted by Crippen LogP contribution is 2.08. The molecule has 0 atom stereocenters. The molecule has 1 rings (SSSR count). The third-order valence-electron chi connectivity index (χ3n) is 2.79. The highest BCUT2D eigenvalue weighted by molar-refractivity contribution is 6.39. The number of carbonyl (C=O) groups is 3. The van der Waals surface area contributed by atoms with Gasteiger partial charge in [-0.15, -0.1) is 0 Å². The lowest BCUT2D eigenvalue weighted by molar-refractivity contribution is -0.136. The summed E-state index contributed by atoms with van der Waals surface area (Å²) < 4.78 is 0. The van der Waals surface area contributed by atoms with Crippen molar-refractivity contribution in [3.05, 3.63) is 29.8 Å². The summed E-state index contributed by atoms with van der Waals surface area (Å²) in [5.41, 5.74) is 3.76. The maximum Gasteiger partial charge on any atom is 0.329 e. The van der Waals surface area contributed by atoms with Crippen LogP contribution in [-0.2, 0) is 14.4 Å². The fourth-order valence-electron chi connectivity index (χ4n) is 1.76. The molecule has 0 saturated heterocycles. The lowest BCUT2D eigenvalue weighted by Crippen LogP contribution is -2.41. The Morgan fingerprint density at radius 3 is 2.17 bits per heavy atom. The number of hydrogen-bond acceptors (Lipinski definition) is 4. The van der Waals surface area contributed by atoms with E-state index in [-0.39, 0.29) is 17.9 Å². The third-order valence-corrected chi connectivity index (χ3v) is 2.79. The normalized spacial score (nSPS) is 11.6. The number of rotatable bonds is 4. The molecule has 1 aromatic carbocycles. The number of aryl methyl sites for hydroxylation is 1. The van der Waals surface area contributed by atoms with Crippen molar-refractivity contribution in [3.63, 3.8) is 0 Å². The second-order valence-corrected chi connectivity index (χ2v) is 6.58. The molecular formula is C17H24N4O3. The molecule has 0 aliphatic rings. The summed E-state index contributed by atoms with van der Waals surface area (Å²) in [7, 11) is 0. The average molecular weight is 332 g/mol. The van der Waals surface area contributed by atoms with Gasteiger partial charge in [-0.3, -0.25) is 14.4 Å². The van der Waals surface area contributed by atoms with Crippen molar-refractivity contribution >= 4 is 29.1 Å². The minimum atomic E-state index is -0.897. The van der Waals surface area contributed by atoms with E-state index in [9.17, 15) is 14.4 Å². The molecule has 0 aromatic heterocycles. The first-order valence-electron chi connectivity index (χ1n) is 7.59. The van der Waals surface area contributed by atoms with Crippen LogP contribution in [0.25, 0.3) is 0 Å². The van der Waals surface area contributed by atoms with Crippen LogP contribution in [0.15, 0.2) is 29.4 Å². The van der Waals surface area contributed by atoms with Gasteiger partial charge in [0.05, 0.1) is 6.42 Å². The minimum absolute atomic E-state index is 0.0388. The monoisotopic (exact) mass is 332 g/mol. The van der Waals surface area contributed by atoms with E-state index >= 15 is 0 Å². The van der Waals surface area contributed by atoms with Gasteiger partial charge in [-0.25, -0.2) is 5.43 Å². The molecule has 0 heterocycles. The van der Waals surface area contributed by atoms with Crippen molar-refractivity contribution in [1.82, 2.24) is 10.7 Å². The highest BCUT2D eigenvalue weighted by Gasteiger charge is 2.15. The van der Waals surface area contributed by atoms with E-state index in [0.717, 1.165) is 5.56 Å². The molecule has 0 fully saturated rings.